The lowest BCUT2D eigenvalue weighted by atomic mass is 9.97. The third kappa shape index (κ3) is 6.04. The molecule has 0 aromatic heterocycles. The summed E-state index contributed by atoms with van der Waals surface area (Å²) in [5.74, 6) is -6.92. The van der Waals surface area contributed by atoms with Crippen LogP contribution in [0.2, 0.25) is 0 Å². The van der Waals surface area contributed by atoms with Crippen molar-refractivity contribution < 1.29 is 39.9 Å². The van der Waals surface area contributed by atoms with Gasteiger partial charge in [0.1, 0.15) is 0 Å². The molecule has 0 heterocycles. The van der Waals surface area contributed by atoms with Gasteiger partial charge in [0.25, 0.3) is 5.92 Å². The molecule has 0 aliphatic carbocycles. The fraction of sp³-hybridized carbons (Fsp3) is 0.625. The Morgan fingerprint density at radius 3 is 1.92 bits per heavy atom. The summed E-state index contributed by atoms with van der Waals surface area (Å²) in [5, 5.41) is 0. The fourth-order valence-corrected chi connectivity index (χ4v) is 2.37. The molecule has 0 aliphatic heterocycles. The Balaban J connectivity index is 3.32. The van der Waals surface area contributed by atoms with Crippen molar-refractivity contribution in [2.24, 2.45) is 0 Å². The van der Waals surface area contributed by atoms with Crippen LogP contribution in [0.3, 0.4) is 0 Å². The van der Waals surface area contributed by atoms with Gasteiger partial charge in [-0.05, 0) is 18.1 Å². The lowest BCUT2D eigenvalue weighted by molar-refractivity contribution is -0.183. The zero-order chi connectivity index (χ0) is 19.5. The maximum atomic E-state index is 14.1. The summed E-state index contributed by atoms with van der Waals surface area (Å²) in [7, 11) is 0. The van der Waals surface area contributed by atoms with E-state index in [0.717, 1.165) is 0 Å². The number of hydrogen-bond donors (Lipinski definition) is 0. The number of hydrogen-bond acceptors (Lipinski definition) is 1. The van der Waals surface area contributed by atoms with Gasteiger partial charge < -0.3 is 4.74 Å². The van der Waals surface area contributed by atoms with E-state index in [1.807, 2.05) is 0 Å². The van der Waals surface area contributed by atoms with Crippen LogP contribution in [0.25, 0.3) is 0 Å². The lowest BCUT2D eigenvalue weighted by Gasteiger charge is -2.22. The second-order valence-electron chi connectivity index (χ2n) is 5.68. The van der Waals surface area contributed by atoms with Crippen molar-refractivity contribution in [1.82, 2.24) is 0 Å². The number of halogens is 8. The molecule has 144 valence electrons. The van der Waals surface area contributed by atoms with E-state index in [2.05, 4.69) is 4.74 Å². The van der Waals surface area contributed by atoms with Gasteiger partial charge in [-0.3, -0.25) is 0 Å². The Morgan fingerprint density at radius 1 is 0.880 bits per heavy atom. The van der Waals surface area contributed by atoms with Crippen LogP contribution >= 0.6 is 0 Å². The topological polar surface area (TPSA) is 9.23 Å². The molecule has 1 rings (SSSR count). The van der Waals surface area contributed by atoms with Crippen LogP contribution in [0.1, 0.15) is 50.7 Å². The molecule has 0 fully saturated rings. The molecule has 0 aliphatic rings. The summed E-state index contributed by atoms with van der Waals surface area (Å²) >= 11 is 0. The zero-order valence-corrected chi connectivity index (χ0v) is 13.6. The third-order valence-corrected chi connectivity index (χ3v) is 3.34. The van der Waals surface area contributed by atoms with Crippen molar-refractivity contribution in [3.8, 4) is 5.75 Å². The molecular formula is C16H18F8O. The quantitative estimate of drug-likeness (QED) is 0.464. The van der Waals surface area contributed by atoms with Crippen LogP contribution in [0, 0.1) is 5.82 Å². The van der Waals surface area contributed by atoms with E-state index < -0.39 is 60.2 Å². The molecule has 0 spiro atoms. The highest BCUT2D eigenvalue weighted by atomic mass is 19.4. The zero-order valence-electron chi connectivity index (χ0n) is 13.6. The van der Waals surface area contributed by atoms with Crippen molar-refractivity contribution in [3.05, 3.63) is 29.1 Å². The molecule has 0 amide bonds. The van der Waals surface area contributed by atoms with Crippen molar-refractivity contribution in [3.63, 3.8) is 0 Å². The minimum atomic E-state index is -5.33. The smallest absolute Gasteiger partial charge is 0.419 e. The van der Waals surface area contributed by atoms with E-state index in [0.29, 0.717) is 12.1 Å². The van der Waals surface area contributed by atoms with Crippen LogP contribution in [-0.2, 0) is 12.6 Å². The molecule has 0 saturated heterocycles. The summed E-state index contributed by atoms with van der Waals surface area (Å²) in [6.07, 6.45) is -12.1. The molecule has 1 aromatic rings. The van der Waals surface area contributed by atoms with E-state index in [-0.39, 0.29) is 12.8 Å². The molecule has 0 bridgehead atoms. The Morgan fingerprint density at radius 2 is 1.44 bits per heavy atom. The second kappa shape index (κ2) is 7.78. The summed E-state index contributed by atoms with van der Waals surface area (Å²) in [6.45, 7) is 2.81. The molecule has 1 aromatic carbocycles. The minimum Gasteiger partial charge on any atom is -0.429 e. The van der Waals surface area contributed by atoms with Gasteiger partial charge in [0.15, 0.2) is 11.6 Å². The SMILES string of the molecule is CCCC(F)(F)Cc1ccc(OC(F)(F)CCC)c(F)c1C(F)(F)F. The molecule has 0 atom stereocenters. The first-order valence-electron chi connectivity index (χ1n) is 7.66. The van der Waals surface area contributed by atoms with Gasteiger partial charge in [-0.15, -0.1) is 0 Å². The summed E-state index contributed by atoms with van der Waals surface area (Å²) in [4.78, 5) is 0. The Bertz CT molecular complexity index is 580. The molecule has 0 N–H and O–H groups in total. The monoisotopic (exact) mass is 378 g/mol. The maximum Gasteiger partial charge on any atom is 0.419 e. The van der Waals surface area contributed by atoms with Gasteiger partial charge in [-0.2, -0.15) is 22.0 Å². The van der Waals surface area contributed by atoms with Gasteiger partial charge in [0, 0.05) is 12.8 Å². The first kappa shape index (κ1) is 21.5. The molecule has 0 unspecified atom stereocenters. The molecular weight excluding hydrogens is 360 g/mol. The number of ether oxygens (including phenoxy) is 1. The average molecular weight is 378 g/mol. The molecule has 1 nitrogen and oxygen atoms in total. The van der Waals surface area contributed by atoms with Gasteiger partial charge in [0.05, 0.1) is 12.0 Å². The highest BCUT2D eigenvalue weighted by Gasteiger charge is 2.42. The number of alkyl halides is 7. The molecule has 0 radical (unpaired) electrons. The van der Waals surface area contributed by atoms with Crippen molar-refractivity contribution in [2.45, 2.75) is 64.2 Å². The molecule has 9 heteroatoms. The first-order valence-corrected chi connectivity index (χ1v) is 7.66. The predicted octanol–water partition coefficient (Wildman–Crippen LogP) is 6.59. The third-order valence-electron chi connectivity index (χ3n) is 3.34. The number of rotatable bonds is 8. The molecule has 0 saturated carbocycles. The lowest BCUT2D eigenvalue weighted by Crippen LogP contribution is -2.26. The standard InChI is InChI=1S/C16H18F8O/c1-3-7-14(18,19)9-10-5-6-11(25-15(20,21)8-4-2)13(17)12(10)16(22,23)24/h5-6H,3-4,7-9H2,1-2H3. The molecule has 25 heavy (non-hydrogen) atoms. The highest BCUT2D eigenvalue weighted by molar-refractivity contribution is 5.40. The summed E-state index contributed by atoms with van der Waals surface area (Å²) in [6, 6.07) is 1.07. The Hall–Kier alpha value is -1.54. The fourth-order valence-electron chi connectivity index (χ4n) is 2.37. The Kier molecular flexibility index (Phi) is 6.69. The average Bonchev–Trinajstić information content (AvgIpc) is 2.39. The highest BCUT2D eigenvalue weighted by Crippen LogP contribution is 2.41. The normalized spacial score (nSPS) is 13.2. The van der Waals surface area contributed by atoms with Crippen LogP contribution in [0.4, 0.5) is 35.1 Å². The predicted molar refractivity (Wildman–Crippen MR) is 75.4 cm³/mol. The van der Waals surface area contributed by atoms with E-state index >= 15 is 0 Å². The summed E-state index contributed by atoms with van der Waals surface area (Å²) in [5.41, 5.74) is -3.01. The Labute approximate surface area is 140 Å². The largest absolute Gasteiger partial charge is 0.429 e. The number of benzene rings is 1. The van der Waals surface area contributed by atoms with Crippen LogP contribution in [-0.4, -0.2) is 12.0 Å². The second-order valence-corrected chi connectivity index (χ2v) is 5.68. The maximum absolute atomic E-state index is 14.1. The minimum absolute atomic E-state index is 0.0151. The van der Waals surface area contributed by atoms with Gasteiger partial charge in [0.2, 0.25) is 0 Å². The van der Waals surface area contributed by atoms with Crippen LogP contribution in [0.15, 0.2) is 12.1 Å². The van der Waals surface area contributed by atoms with Gasteiger partial charge in [-0.1, -0.05) is 26.3 Å². The van der Waals surface area contributed by atoms with Crippen LogP contribution in [0.5, 0.6) is 5.75 Å². The van der Waals surface area contributed by atoms with E-state index in [1.54, 1.807) is 0 Å². The summed E-state index contributed by atoms with van der Waals surface area (Å²) < 4.78 is 112. The van der Waals surface area contributed by atoms with Crippen LogP contribution < -0.4 is 4.74 Å². The van der Waals surface area contributed by atoms with E-state index in [1.165, 1.54) is 13.8 Å². The van der Waals surface area contributed by atoms with Crippen molar-refractivity contribution >= 4 is 0 Å². The van der Waals surface area contributed by atoms with E-state index in [9.17, 15) is 35.1 Å². The van der Waals surface area contributed by atoms with Gasteiger partial charge >= 0.3 is 12.3 Å². The van der Waals surface area contributed by atoms with E-state index in [4.69, 9.17) is 0 Å². The van der Waals surface area contributed by atoms with Crippen molar-refractivity contribution in [1.29, 1.82) is 0 Å². The van der Waals surface area contributed by atoms with Crippen molar-refractivity contribution in [2.75, 3.05) is 0 Å². The van der Waals surface area contributed by atoms with Gasteiger partial charge in [-0.25, -0.2) is 13.2 Å². The first-order chi connectivity index (χ1) is 11.3.